The molecule has 120 valence electrons. The van der Waals surface area contributed by atoms with Crippen molar-refractivity contribution in [2.45, 2.75) is 44.2 Å². The van der Waals surface area contributed by atoms with Gasteiger partial charge in [0, 0.05) is 18.4 Å². The summed E-state index contributed by atoms with van der Waals surface area (Å²) in [5.41, 5.74) is 2.25. The van der Waals surface area contributed by atoms with Crippen LogP contribution < -0.4 is 5.32 Å². The maximum absolute atomic E-state index is 12.3. The zero-order valence-corrected chi connectivity index (χ0v) is 12.9. The largest absolute Gasteiger partial charge is 0.368 e. The van der Waals surface area contributed by atoms with Crippen LogP contribution >= 0.6 is 0 Å². The van der Waals surface area contributed by atoms with Crippen LogP contribution in [0.3, 0.4) is 0 Å². The number of nitrogens with zero attached hydrogens (tertiary/aromatic N) is 3. The van der Waals surface area contributed by atoms with Crippen LogP contribution in [0.15, 0.2) is 30.6 Å². The molecule has 4 rings (SSSR count). The van der Waals surface area contributed by atoms with E-state index in [1.54, 1.807) is 6.20 Å². The van der Waals surface area contributed by atoms with E-state index in [-0.39, 0.29) is 18.1 Å². The summed E-state index contributed by atoms with van der Waals surface area (Å²) in [5.74, 6) is 0.825. The zero-order valence-electron chi connectivity index (χ0n) is 12.9. The van der Waals surface area contributed by atoms with Gasteiger partial charge in [-0.25, -0.2) is 9.67 Å². The molecule has 1 saturated heterocycles. The van der Waals surface area contributed by atoms with Crippen LogP contribution in [0.1, 0.15) is 43.0 Å². The molecule has 1 fully saturated rings. The van der Waals surface area contributed by atoms with Crippen molar-refractivity contribution in [3.8, 4) is 5.82 Å². The maximum atomic E-state index is 12.3. The molecule has 0 bridgehead atoms. The topological polar surface area (TPSA) is 69.0 Å². The van der Waals surface area contributed by atoms with Gasteiger partial charge in [-0.05, 0) is 44.2 Å². The average Bonchev–Trinajstić information content (AvgIpc) is 3.26. The lowest BCUT2D eigenvalue weighted by molar-refractivity contribution is -0.130. The Hall–Kier alpha value is -2.21. The van der Waals surface area contributed by atoms with E-state index in [2.05, 4.69) is 15.4 Å². The predicted molar refractivity (Wildman–Crippen MR) is 84.2 cm³/mol. The Morgan fingerprint density at radius 1 is 1.30 bits per heavy atom. The first-order chi connectivity index (χ1) is 11.3. The summed E-state index contributed by atoms with van der Waals surface area (Å²) in [4.78, 5) is 16.7. The Balaban J connectivity index is 1.57. The van der Waals surface area contributed by atoms with E-state index in [1.165, 1.54) is 0 Å². The molecule has 3 heterocycles. The van der Waals surface area contributed by atoms with Gasteiger partial charge in [0.25, 0.3) is 0 Å². The van der Waals surface area contributed by atoms with Gasteiger partial charge in [-0.1, -0.05) is 6.07 Å². The fraction of sp³-hybridized carbons (Fsp3) is 0.471. The molecule has 0 spiro atoms. The first-order valence-corrected chi connectivity index (χ1v) is 8.23. The Morgan fingerprint density at radius 3 is 3.04 bits per heavy atom. The SMILES string of the molecule is O=C(N[C@@H]1CCCc2c1cnn2-c1ccccn1)[C@@H]1CCCO1. The zero-order chi connectivity index (χ0) is 15.6. The van der Waals surface area contributed by atoms with Gasteiger partial charge in [0.05, 0.1) is 17.9 Å². The molecule has 23 heavy (non-hydrogen) atoms. The second kappa shape index (κ2) is 6.12. The van der Waals surface area contributed by atoms with Gasteiger partial charge in [-0.15, -0.1) is 0 Å². The lowest BCUT2D eigenvalue weighted by atomic mass is 9.92. The molecule has 2 atom stereocenters. The molecule has 0 aromatic carbocycles. The number of carbonyl (C=O) groups is 1. The van der Waals surface area contributed by atoms with Crippen LogP contribution in [0.5, 0.6) is 0 Å². The molecule has 1 aliphatic heterocycles. The average molecular weight is 312 g/mol. The van der Waals surface area contributed by atoms with Gasteiger partial charge in [0.15, 0.2) is 5.82 Å². The van der Waals surface area contributed by atoms with E-state index in [0.717, 1.165) is 49.2 Å². The van der Waals surface area contributed by atoms with Crippen LogP contribution in [0, 0.1) is 0 Å². The van der Waals surface area contributed by atoms with Crippen molar-refractivity contribution in [1.82, 2.24) is 20.1 Å². The third-order valence-corrected chi connectivity index (χ3v) is 4.59. The van der Waals surface area contributed by atoms with Gasteiger partial charge in [-0.2, -0.15) is 5.10 Å². The Labute approximate surface area is 134 Å². The van der Waals surface area contributed by atoms with E-state index >= 15 is 0 Å². The molecule has 0 saturated carbocycles. The Morgan fingerprint density at radius 2 is 2.26 bits per heavy atom. The first kappa shape index (κ1) is 14.4. The minimum absolute atomic E-state index is 0.00550. The second-order valence-electron chi connectivity index (χ2n) is 6.10. The van der Waals surface area contributed by atoms with E-state index in [4.69, 9.17) is 4.74 Å². The molecule has 6 heteroatoms. The molecule has 1 aliphatic carbocycles. The number of rotatable bonds is 3. The fourth-order valence-electron chi connectivity index (χ4n) is 3.43. The van der Waals surface area contributed by atoms with Gasteiger partial charge in [0.2, 0.25) is 5.91 Å². The van der Waals surface area contributed by atoms with E-state index < -0.39 is 0 Å². The van der Waals surface area contributed by atoms with Gasteiger partial charge < -0.3 is 10.1 Å². The van der Waals surface area contributed by atoms with Gasteiger partial charge in [-0.3, -0.25) is 4.79 Å². The maximum Gasteiger partial charge on any atom is 0.249 e. The molecule has 1 amide bonds. The highest BCUT2D eigenvalue weighted by Crippen LogP contribution is 2.31. The van der Waals surface area contributed by atoms with Gasteiger partial charge >= 0.3 is 0 Å². The molecule has 2 aromatic rings. The highest BCUT2D eigenvalue weighted by atomic mass is 16.5. The smallest absolute Gasteiger partial charge is 0.249 e. The van der Waals surface area contributed by atoms with E-state index in [0.29, 0.717) is 6.61 Å². The summed E-state index contributed by atoms with van der Waals surface area (Å²) in [6, 6.07) is 5.81. The summed E-state index contributed by atoms with van der Waals surface area (Å²) in [5, 5.41) is 7.64. The Kier molecular flexibility index (Phi) is 3.83. The Bertz CT molecular complexity index is 692. The van der Waals surface area contributed by atoms with Crippen LogP contribution in [0.25, 0.3) is 5.82 Å². The molecule has 1 N–H and O–H groups in total. The van der Waals surface area contributed by atoms with Gasteiger partial charge in [0.1, 0.15) is 6.10 Å². The number of pyridine rings is 1. The van der Waals surface area contributed by atoms with E-state index in [9.17, 15) is 4.79 Å². The van der Waals surface area contributed by atoms with Crippen molar-refractivity contribution in [2.24, 2.45) is 0 Å². The standard InChI is InChI=1S/C17H20N4O2/c22-17(15-7-4-10-23-15)20-13-5-3-6-14-12(13)11-19-21(14)16-8-1-2-9-18-16/h1-2,8-9,11,13,15H,3-7,10H2,(H,20,22)/t13-,15+/m1/s1. The monoisotopic (exact) mass is 312 g/mol. The van der Waals surface area contributed by atoms with Crippen LogP contribution in [-0.2, 0) is 16.0 Å². The molecule has 0 unspecified atom stereocenters. The number of hydrogen-bond acceptors (Lipinski definition) is 4. The number of fused-ring (bicyclic) bond motifs is 1. The lowest BCUT2D eigenvalue weighted by Gasteiger charge is -2.25. The summed E-state index contributed by atoms with van der Waals surface area (Å²) in [6.07, 6.45) is 8.06. The number of nitrogens with one attached hydrogen (secondary N) is 1. The van der Waals surface area contributed by atoms with Crippen molar-refractivity contribution < 1.29 is 9.53 Å². The predicted octanol–water partition coefficient (Wildman–Crippen LogP) is 1.94. The molecular formula is C17H20N4O2. The van der Waals surface area contributed by atoms with E-state index in [1.807, 2.05) is 29.1 Å². The molecule has 2 aliphatic rings. The van der Waals surface area contributed by atoms with Crippen LogP contribution in [-0.4, -0.2) is 33.4 Å². The van der Waals surface area contributed by atoms with Crippen molar-refractivity contribution in [2.75, 3.05) is 6.61 Å². The summed E-state index contributed by atoms with van der Waals surface area (Å²) in [7, 11) is 0. The summed E-state index contributed by atoms with van der Waals surface area (Å²) in [6.45, 7) is 0.686. The third-order valence-electron chi connectivity index (χ3n) is 4.59. The van der Waals surface area contributed by atoms with Crippen LogP contribution in [0.4, 0.5) is 0 Å². The highest BCUT2D eigenvalue weighted by molar-refractivity contribution is 5.81. The van der Waals surface area contributed by atoms with Crippen molar-refractivity contribution in [3.05, 3.63) is 41.9 Å². The molecule has 6 nitrogen and oxygen atoms in total. The quantitative estimate of drug-likeness (QED) is 0.940. The minimum atomic E-state index is -0.286. The van der Waals surface area contributed by atoms with Crippen LogP contribution in [0.2, 0.25) is 0 Å². The van der Waals surface area contributed by atoms with Crippen molar-refractivity contribution in [3.63, 3.8) is 0 Å². The number of aromatic nitrogens is 3. The number of ether oxygens (including phenoxy) is 1. The minimum Gasteiger partial charge on any atom is -0.368 e. The molecular weight excluding hydrogens is 292 g/mol. The number of amides is 1. The summed E-state index contributed by atoms with van der Waals surface area (Å²) < 4.78 is 7.36. The second-order valence-corrected chi connectivity index (χ2v) is 6.10. The number of hydrogen-bond donors (Lipinski definition) is 1. The third kappa shape index (κ3) is 2.74. The first-order valence-electron chi connectivity index (χ1n) is 8.23. The van der Waals surface area contributed by atoms with Crippen molar-refractivity contribution >= 4 is 5.91 Å². The molecule has 0 radical (unpaired) electrons. The lowest BCUT2D eigenvalue weighted by Crippen LogP contribution is -2.38. The van der Waals surface area contributed by atoms with Crippen molar-refractivity contribution in [1.29, 1.82) is 0 Å². The molecule has 2 aromatic heterocycles. The normalized spacial score (nSPS) is 23.5. The number of carbonyl (C=O) groups excluding carboxylic acids is 1. The summed E-state index contributed by atoms with van der Waals surface area (Å²) >= 11 is 0. The fourth-order valence-corrected chi connectivity index (χ4v) is 3.43. The highest BCUT2D eigenvalue weighted by Gasteiger charge is 2.30.